The van der Waals surface area contributed by atoms with Crippen molar-refractivity contribution in [2.75, 3.05) is 4.72 Å². The Morgan fingerprint density at radius 1 is 1.52 bits per heavy atom. The van der Waals surface area contributed by atoms with Gasteiger partial charge >= 0.3 is 5.97 Å². The van der Waals surface area contributed by atoms with Crippen molar-refractivity contribution in [2.24, 2.45) is 0 Å². The van der Waals surface area contributed by atoms with E-state index in [2.05, 4.69) is 4.72 Å². The zero-order chi connectivity index (χ0) is 16.0. The number of sulfonamides is 1. The topological polar surface area (TPSA) is 107 Å². The number of anilines is 1. The highest BCUT2D eigenvalue weighted by Gasteiger charge is 2.23. The van der Waals surface area contributed by atoms with Crippen molar-refractivity contribution in [2.45, 2.75) is 25.5 Å². The third kappa shape index (κ3) is 4.61. The number of benzene rings is 1. The van der Waals surface area contributed by atoms with E-state index in [4.69, 9.17) is 10.4 Å². The van der Waals surface area contributed by atoms with Crippen LogP contribution in [0, 0.1) is 18.3 Å². The largest absolute Gasteiger partial charge is 0.478 e. The van der Waals surface area contributed by atoms with Crippen LogP contribution in [0.3, 0.4) is 0 Å². The van der Waals surface area contributed by atoms with Crippen molar-refractivity contribution in [3.63, 3.8) is 0 Å². The van der Waals surface area contributed by atoms with Crippen molar-refractivity contribution in [1.82, 2.24) is 0 Å². The molecule has 0 bridgehead atoms. The number of hydrogen-bond donors (Lipinski definition) is 2. The van der Waals surface area contributed by atoms with Gasteiger partial charge in [0.05, 0.1) is 6.07 Å². The van der Waals surface area contributed by atoms with Crippen LogP contribution in [0.4, 0.5) is 5.69 Å². The summed E-state index contributed by atoms with van der Waals surface area (Å²) in [6, 6.07) is 6.50. The summed E-state index contributed by atoms with van der Waals surface area (Å²) in [6.45, 7) is 3.40. The van der Waals surface area contributed by atoms with Gasteiger partial charge in [-0.1, -0.05) is 13.0 Å². The molecule has 0 aromatic heterocycles. The molecule has 1 atom stereocenters. The fraction of sp³-hybridized carbons (Fsp3) is 0.286. The lowest BCUT2D eigenvalue weighted by Gasteiger charge is -2.12. The lowest BCUT2D eigenvalue weighted by Crippen LogP contribution is -2.25. The van der Waals surface area contributed by atoms with E-state index in [1.807, 2.05) is 0 Å². The predicted molar refractivity (Wildman–Crippen MR) is 80.1 cm³/mol. The molecule has 0 heterocycles. The molecule has 0 aliphatic carbocycles. The monoisotopic (exact) mass is 308 g/mol. The van der Waals surface area contributed by atoms with Crippen molar-refractivity contribution in [3.05, 3.63) is 35.4 Å². The van der Waals surface area contributed by atoms with E-state index in [0.717, 1.165) is 11.6 Å². The van der Waals surface area contributed by atoms with Gasteiger partial charge in [-0.15, -0.1) is 0 Å². The fourth-order valence-electron chi connectivity index (χ4n) is 1.66. The van der Waals surface area contributed by atoms with Crippen LogP contribution in [-0.4, -0.2) is 24.7 Å². The van der Waals surface area contributed by atoms with Gasteiger partial charge in [-0.2, -0.15) is 5.26 Å². The SMILES string of the molecule is CCC(C#N)S(=O)(=O)Nc1ccc(C)c(C=CC(=O)O)c1. The van der Waals surface area contributed by atoms with E-state index >= 15 is 0 Å². The molecule has 2 N–H and O–H groups in total. The number of rotatable bonds is 6. The molecule has 7 heteroatoms. The molecule has 0 spiro atoms. The summed E-state index contributed by atoms with van der Waals surface area (Å²) < 4.78 is 26.3. The van der Waals surface area contributed by atoms with Gasteiger partial charge in [0.15, 0.2) is 5.25 Å². The number of aliphatic carboxylic acids is 1. The summed E-state index contributed by atoms with van der Waals surface area (Å²) in [5, 5.41) is 16.3. The molecule has 0 aliphatic rings. The minimum absolute atomic E-state index is 0.184. The summed E-state index contributed by atoms with van der Waals surface area (Å²) in [4.78, 5) is 10.5. The number of nitrogens with one attached hydrogen (secondary N) is 1. The summed E-state index contributed by atoms with van der Waals surface area (Å²) in [6.07, 6.45) is 2.55. The number of hydrogen-bond acceptors (Lipinski definition) is 4. The van der Waals surface area contributed by atoms with Crippen molar-refractivity contribution in [3.8, 4) is 6.07 Å². The molecule has 6 nitrogen and oxygen atoms in total. The molecule has 0 amide bonds. The van der Waals surface area contributed by atoms with Gasteiger partial charge in [-0.3, -0.25) is 4.72 Å². The van der Waals surface area contributed by atoms with Crippen molar-refractivity contribution in [1.29, 1.82) is 5.26 Å². The molecular weight excluding hydrogens is 292 g/mol. The average molecular weight is 308 g/mol. The summed E-state index contributed by atoms with van der Waals surface area (Å²) in [5.41, 5.74) is 1.68. The van der Waals surface area contributed by atoms with Crippen molar-refractivity contribution < 1.29 is 18.3 Å². The number of carbonyl (C=O) groups is 1. The maximum atomic E-state index is 12.0. The quantitative estimate of drug-likeness (QED) is 0.783. The second-order valence-corrected chi connectivity index (χ2v) is 6.28. The standard InChI is InChI=1S/C14H16N2O4S/c1-3-13(9-15)21(19,20)16-12-6-4-10(2)11(8-12)5-7-14(17)18/h4-8,13,16H,3H2,1-2H3,(H,17,18). The van der Waals surface area contributed by atoms with Crippen molar-refractivity contribution >= 4 is 27.8 Å². The Kier molecular flexibility index (Phi) is 5.50. The van der Waals surface area contributed by atoms with E-state index < -0.39 is 21.2 Å². The van der Waals surface area contributed by atoms with Gasteiger partial charge < -0.3 is 5.11 Å². The summed E-state index contributed by atoms with van der Waals surface area (Å²) in [7, 11) is -3.79. The number of aryl methyl sites for hydroxylation is 1. The van der Waals surface area contributed by atoms with Crippen LogP contribution in [0.1, 0.15) is 24.5 Å². The minimum Gasteiger partial charge on any atom is -0.478 e. The zero-order valence-electron chi connectivity index (χ0n) is 11.7. The van der Waals surface area contributed by atoms with E-state index in [9.17, 15) is 13.2 Å². The Bertz CT molecular complexity index is 702. The first-order chi connectivity index (χ1) is 9.80. The van der Waals surface area contributed by atoms with E-state index in [1.165, 1.54) is 12.1 Å². The van der Waals surface area contributed by atoms with Gasteiger partial charge in [0, 0.05) is 11.8 Å². The molecule has 0 radical (unpaired) electrons. The van der Waals surface area contributed by atoms with Crippen LogP contribution in [0.5, 0.6) is 0 Å². The number of carboxylic acid groups (broad SMARTS) is 1. The maximum Gasteiger partial charge on any atom is 0.328 e. The minimum atomic E-state index is -3.79. The lowest BCUT2D eigenvalue weighted by atomic mass is 10.1. The molecule has 21 heavy (non-hydrogen) atoms. The first-order valence-electron chi connectivity index (χ1n) is 6.23. The molecule has 0 fully saturated rings. The third-order valence-electron chi connectivity index (χ3n) is 2.83. The molecule has 1 unspecified atom stereocenters. The van der Waals surface area contributed by atoms with Crippen LogP contribution in [0.25, 0.3) is 6.08 Å². The highest BCUT2D eigenvalue weighted by atomic mass is 32.2. The fourth-order valence-corrected chi connectivity index (χ4v) is 2.84. The molecular formula is C14H16N2O4S. The molecule has 0 saturated heterocycles. The van der Waals surface area contributed by atoms with Gasteiger partial charge in [0.1, 0.15) is 0 Å². The van der Waals surface area contributed by atoms with Crippen LogP contribution >= 0.6 is 0 Å². The summed E-state index contributed by atoms with van der Waals surface area (Å²) >= 11 is 0. The van der Waals surface area contributed by atoms with E-state index in [0.29, 0.717) is 11.3 Å². The Morgan fingerprint density at radius 3 is 2.71 bits per heavy atom. The molecule has 0 aliphatic heterocycles. The van der Waals surface area contributed by atoms with Crippen LogP contribution in [-0.2, 0) is 14.8 Å². The third-order valence-corrected chi connectivity index (χ3v) is 4.54. The van der Waals surface area contributed by atoms with Gasteiger partial charge in [-0.05, 0) is 42.7 Å². The first-order valence-corrected chi connectivity index (χ1v) is 7.77. The smallest absolute Gasteiger partial charge is 0.328 e. The Hall–Kier alpha value is -2.33. The number of nitriles is 1. The molecule has 1 aromatic carbocycles. The Labute approximate surface area is 123 Å². The molecule has 1 rings (SSSR count). The van der Waals surface area contributed by atoms with Crippen LogP contribution < -0.4 is 4.72 Å². The van der Waals surface area contributed by atoms with Crippen LogP contribution in [0.2, 0.25) is 0 Å². The van der Waals surface area contributed by atoms with Gasteiger partial charge in [0.25, 0.3) is 0 Å². The predicted octanol–water partition coefficient (Wildman–Crippen LogP) is 2.14. The summed E-state index contributed by atoms with van der Waals surface area (Å²) in [5.74, 6) is -1.09. The highest BCUT2D eigenvalue weighted by molar-refractivity contribution is 7.93. The van der Waals surface area contributed by atoms with E-state index in [1.54, 1.807) is 32.0 Å². The van der Waals surface area contributed by atoms with Crippen LogP contribution in [0.15, 0.2) is 24.3 Å². The van der Waals surface area contributed by atoms with Gasteiger partial charge in [-0.25, -0.2) is 13.2 Å². The lowest BCUT2D eigenvalue weighted by molar-refractivity contribution is -0.131. The second-order valence-electron chi connectivity index (χ2n) is 4.42. The van der Waals surface area contributed by atoms with E-state index in [-0.39, 0.29) is 6.42 Å². The molecule has 112 valence electrons. The van der Waals surface area contributed by atoms with Gasteiger partial charge in [0.2, 0.25) is 10.0 Å². The maximum absolute atomic E-state index is 12.0. The normalized spacial score (nSPS) is 12.8. The Morgan fingerprint density at radius 2 is 2.19 bits per heavy atom. The zero-order valence-corrected chi connectivity index (χ0v) is 12.5. The Balaban J connectivity index is 3.09. The molecule has 0 saturated carbocycles. The molecule has 1 aromatic rings. The highest BCUT2D eigenvalue weighted by Crippen LogP contribution is 2.19. The number of carboxylic acids is 1. The second kappa shape index (κ2) is 6.90. The first kappa shape index (κ1) is 16.7. The number of nitrogens with zero attached hydrogens (tertiary/aromatic N) is 1. The average Bonchev–Trinajstić information content (AvgIpc) is 2.40.